The van der Waals surface area contributed by atoms with Gasteiger partial charge in [0, 0.05) is 17.1 Å². The molecular weight excluding hydrogens is 280 g/mol. The Labute approximate surface area is 127 Å². The normalized spacial score (nSPS) is 11.0. The van der Waals surface area contributed by atoms with Crippen LogP contribution in [0.25, 0.3) is 22.2 Å². The molecule has 2 N–H and O–H groups in total. The van der Waals surface area contributed by atoms with Gasteiger partial charge >= 0.3 is 0 Å². The van der Waals surface area contributed by atoms with Crippen LogP contribution in [0.2, 0.25) is 0 Å². The van der Waals surface area contributed by atoms with Gasteiger partial charge in [-0.2, -0.15) is 0 Å². The molecule has 5 nitrogen and oxygen atoms in total. The first kappa shape index (κ1) is 14.1. The van der Waals surface area contributed by atoms with Crippen LogP contribution in [-0.2, 0) is 0 Å². The van der Waals surface area contributed by atoms with Crippen molar-refractivity contribution in [1.29, 1.82) is 0 Å². The lowest BCUT2D eigenvalue weighted by atomic mass is 10.0. The van der Waals surface area contributed by atoms with Crippen molar-refractivity contribution in [2.45, 2.75) is 20.8 Å². The van der Waals surface area contributed by atoms with Crippen molar-refractivity contribution in [2.75, 3.05) is 0 Å². The van der Waals surface area contributed by atoms with Crippen LogP contribution < -0.4 is 0 Å². The molecule has 0 bridgehead atoms. The van der Waals surface area contributed by atoms with Crippen molar-refractivity contribution in [3.8, 4) is 17.0 Å². The molecule has 0 fully saturated rings. The van der Waals surface area contributed by atoms with Crippen LogP contribution in [0.15, 0.2) is 30.3 Å². The zero-order valence-corrected chi connectivity index (χ0v) is 12.6. The molecule has 1 aromatic heterocycles. The van der Waals surface area contributed by atoms with Crippen LogP contribution in [-0.4, -0.2) is 15.0 Å². The molecule has 0 unspecified atom stereocenters. The molecule has 5 heteroatoms. The second kappa shape index (κ2) is 4.87. The summed E-state index contributed by atoms with van der Waals surface area (Å²) in [4.78, 5) is 14.0. The van der Waals surface area contributed by atoms with E-state index in [9.17, 15) is 15.2 Å². The number of aryl methyl sites for hydroxylation is 3. The summed E-state index contributed by atoms with van der Waals surface area (Å²) in [5, 5.41) is 21.9. The van der Waals surface area contributed by atoms with E-state index in [0.29, 0.717) is 5.52 Å². The van der Waals surface area contributed by atoms with Gasteiger partial charge in [0.15, 0.2) is 0 Å². The second-order valence-electron chi connectivity index (χ2n) is 5.54. The first-order valence-electron chi connectivity index (χ1n) is 6.96. The number of benzene rings is 2. The molecule has 3 aromatic rings. The molecule has 0 atom stereocenters. The maximum Gasteiger partial charge on any atom is 0.293 e. The molecule has 22 heavy (non-hydrogen) atoms. The summed E-state index contributed by atoms with van der Waals surface area (Å²) >= 11 is 0. The molecule has 0 saturated heterocycles. The lowest BCUT2D eigenvalue weighted by Crippen LogP contribution is -1.89. The molecule has 0 aliphatic carbocycles. The largest absolute Gasteiger partial charge is 0.507 e. The van der Waals surface area contributed by atoms with Gasteiger partial charge < -0.3 is 10.1 Å². The number of nitrogens with zero attached hydrogens (tertiary/aromatic N) is 1. The van der Waals surface area contributed by atoms with Gasteiger partial charge in [-0.25, -0.2) is 0 Å². The minimum Gasteiger partial charge on any atom is -0.507 e. The number of phenolic OH excluding ortho intramolecular Hbond substituents is 1. The standard InChI is InChI=1S/C17H16N2O3/c1-9-7-12(8-10(2)17(9)20)15-11(3)13-5-4-6-14(19(21)22)16(13)18-15/h4-8,18,20H,1-3H3. The van der Waals surface area contributed by atoms with Crippen LogP contribution in [0, 0.1) is 30.9 Å². The van der Waals surface area contributed by atoms with Crippen molar-refractivity contribution >= 4 is 16.6 Å². The molecule has 0 aliphatic heterocycles. The monoisotopic (exact) mass is 296 g/mol. The van der Waals surface area contributed by atoms with Gasteiger partial charge in [0.1, 0.15) is 11.3 Å². The van der Waals surface area contributed by atoms with Crippen molar-refractivity contribution < 1.29 is 10.0 Å². The molecule has 0 spiro atoms. The maximum absolute atomic E-state index is 11.2. The summed E-state index contributed by atoms with van der Waals surface area (Å²) in [6.45, 7) is 5.62. The Morgan fingerprint density at radius 1 is 1.14 bits per heavy atom. The van der Waals surface area contributed by atoms with E-state index in [-0.39, 0.29) is 16.4 Å². The second-order valence-corrected chi connectivity index (χ2v) is 5.54. The van der Waals surface area contributed by atoms with Gasteiger partial charge in [-0.1, -0.05) is 12.1 Å². The third-order valence-corrected chi connectivity index (χ3v) is 4.05. The molecule has 0 saturated carbocycles. The number of hydrogen-bond acceptors (Lipinski definition) is 3. The van der Waals surface area contributed by atoms with Gasteiger partial charge in [0.25, 0.3) is 5.69 Å². The zero-order chi connectivity index (χ0) is 16.0. The Balaban J connectivity index is 2.31. The number of rotatable bonds is 2. The third-order valence-electron chi connectivity index (χ3n) is 4.05. The summed E-state index contributed by atoms with van der Waals surface area (Å²) in [6.07, 6.45) is 0. The number of H-pyrrole nitrogens is 1. The predicted molar refractivity (Wildman–Crippen MR) is 86.3 cm³/mol. The van der Waals surface area contributed by atoms with Gasteiger partial charge in [0.05, 0.1) is 4.92 Å². The average Bonchev–Trinajstić information content (AvgIpc) is 2.81. The molecule has 0 amide bonds. The number of para-hydroxylation sites is 1. The number of non-ortho nitro benzene ring substituents is 1. The highest BCUT2D eigenvalue weighted by molar-refractivity contribution is 5.96. The number of aromatic hydroxyl groups is 1. The molecule has 2 aromatic carbocycles. The number of fused-ring (bicyclic) bond motifs is 1. The summed E-state index contributed by atoms with van der Waals surface area (Å²) in [6, 6.07) is 8.82. The lowest BCUT2D eigenvalue weighted by molar-refractivity contribution is -0.383. The minimum absolute atomic E-state index is 0.0686. The number of hydrogen-bond donors (Lipinski definition) is 2. The molecule has 112 valence electrons. The van der Waals surface area contributed by atoms with Crippen molar-refractivity contribution in [1.82, 2.24) is 4.98 Å². The molecule has 3 rings (SSSR count). The SMILES string of the molecule is Cc1cc(-c2[nH]c3c([N+](=O)[O-])cccc3c2C)cc(C)c1O. The first-order chi connectivity index (χ1) is 10.4. The highest BCUT2D eigenvalue weighted by Crippen LogP contribution is 2.36. The van der Waals surface area contributed by atoms with E-state index >= 15 is 0 Å². The van der Waals surface area contributed by atoms with Crippen molar-refractivity contribution in [3.63, 3.8) is 0 Å². The van der Waals surface area contributed by atoms with Gasteiger partial charge in [-0.15, -0.1) is 0 Å². The van der Waals surface area contributed by atoms with Crippen LogP contribution in [0.5, 0.6) is 5.75 Å². The van der Waals surface area contributed by atoms with E-state index in [0.717, 1.165) is 33.3 Å². The fourth-order valence-corrected chi connectivity index (χ4v) is 2.88. The van der Waals surface area contributed by atoms with E-state index < -0.39 is 0 Å². The highest BCUT2D eigenvalue weighted by atomic mass is 16.6. The predicted octanol–water partition coefficient (Wildman–Crippen LogP) is 4.37. The number of nitrogens with one attached hydrogen (secondary N) is 1. The fourth-order valence-electron chi connectivity index (χ4n) is 2.88. The van der Waals surface area contributed by atoms with E-state index in [2.05, 4.69) is 4.98 Å². The number of phenols is 1. The van der Waals surface area contributed by atoms with Crippen molar-refractivity contribution in [3.05, 3.63) is 57.1 Å². The Kier molecular flexibility index (Phi) is 3.13. The maximum atomic E-state index is 11.2. The summed E-state index contributed by atoms with van der Waals surface area (Å²) in [5.74, 6) is 0.281. The number of aromatic amines is 1. The topological polar surface area (TPSA) is 79.2 Å². The molecule has 1 heterocycles. The van der Waals surface area contributed by atoms with Gasteiger partial charge in [-0.05, 0) is 55.2 Å². The quantitative estimate of drug-likeness (QED) is 0.544. The van der Waals surface area contributed by atoms with Crippen LogP contribution in [0.3, 0.4) is 0 Å². The van der Waals surface area contributed by atoms with Crippen LogP contribution in [0.1, 0.15) is 16.7 Å². The summed E-state index contributed by atoms with van der Waals surface area (Å²) in [5.41, 5.74) is 4.88. The zero-order valence-electron chi connectivity index (χ0n) is 12.6. The van der Waals surface area contributed by atoms with Crippen LogP contribution in [0.4, 0.5) is 5.69 Å². The van der Waals surface area contributed by atoms with E-state index in [1.807, 2.05) is 39.0 Å². The lowest BCUT2D eigenvalue weighted by Gasteiger charge is -2.07. The van der Waals surface area contributed by atoms with Crippen LogP contribution >= 0.6 is 0 Å². The fraction of sp³-hybridized carbons (Fsp3) is 0.176. The van der Waals surface area contributed by atoms with E-state index in [1.165, 1.54) is 6.07 Å². The van der Waals surface area contributed by atoms with E-state index in [4.69, 9.17) is 0 Å². The summed E-state index contributed by atoms with van der Waals surface area (Å²) < 4.78 is 0. The smallest absolute Gasteiger partial charge is 0.293 e. The van der Waals surface area contributed by atoms with Gasteiger partial charge in [-0.3, -0.25) is 10.1 Å². The molecule has 0 radical (unpaired) electrons. The van der Waals surface area contributed by atoms with E-state index in [1.54, 1.807) is 6.07 Å². The minimum atomic E-state index is -0.380. The Hall–Kier alpha value is -2.82. The molecular formula is C17H16N2O3. The summed E-state index contributed by atoms with van der Waals surface area (Å²) in [7, 11) is 0. The molecule has 0 aliphatic rings. The number of aromatic nitrogens is 1. The third kappa shape index (κ3) is 2.02. The number of nitro groups is 1. The highest BCUT2D eigenvalue weighted by Gasteiger charge is 2.18. The first-order valence-corrected chi connectivity index (χ1v) is 6.96. The number of nitro benzene ring substituents is 1. The Bertz CT molecular complexity index is 887. The van der Waals surface area contributed by atoms with Crippen molar-refractivity contribution in [2.24, 2.45) is 0 Å². The van der Waals surface area contributed by atoms with Gasteiger partial charge in [0.2, 0.25) is 0 Å². The Morgan fingerprint density at radius 3 is 2.36 bits per heavy atom. The Morgan fingerprint density at radius 2 is 1.77 bits per heavy atom. The average molecular weight is 296 g/mol.